The number of carboxylic acids is 1. The summed E-state index contributed by atoms with van der Waals surface area (Å²) in [7, 11) is 0. The molecule has 1 rings (SSSR count). The lowest BCUT2D eigenvalue weighted by Crippen LogP contribution is -2.05. The highest BCUT2D eigenvalue weighted by atomic mass is 19.1. The van der Waals surface area contributed by atoms with Gasteiger partial charge in [0.05, 0.1) is 5.56 Å². The molecule has 0 aliphatic heterocycles. The van der Waals surface area contributed by atoms with Gasteiger partial charge in [-0.1, -0.05) is 13.8 Å². The van der Waals surface area contributed by atoms with E-state index in [0.29, 0.717) is 11.6 Å². The minimum absolute atomic E-state index is 0.294. The predicted molar refractivity (Wildman–Crippen MR) is 65.9 cm³/mol. The molecule has 0 unspecified atom stereocenters. The Kier molecular flexibility index (Phi) is 4.94. The molecule has 0 saturated carbocycles. The van der Waals surface area contributed by atoms with Crippen LogP contribution in [0, 0.1) is 11.7 Å². The average Bonchev–Trinajstić information content (AvgIpc) is 2.23. The Morgan fingerprint density at radius 3 is 2.71 bits per heavy atom. The quantitative estimate of drug-likeness (QED) is 0.748. The van der Waals surface area contributed by atoms with Crippen LogP contribution < -0.4 is 5.32 Å². The van der Waals surface area contributed by atoms with Gasteiger partial charge in [-0.05, 0) is 37.0 Å². The van der Waals surface area contributed by atoms with Crippen LogP contribution in [-0.4, -0.2) is 17.6 Å². The van der Waals surface area contributed by atoms with E-state index >= 15 is 0 Å². The molecule has 1 aromatic rings. The Morgan fingerprint density at radius 1 is 1.47 bits per heavy atom. The van der Waals surface area contributed by atoms with Gasteiger partial charge in [0.1, 0.15) is 5.82 Å². The van der Waals surface area contributed by atoms with Crippen LogP contribution in [0.3, 0.4) is 0 Å². The monoisotopic (exact) mass is 239 g/mol. The highest BCUT2D eigenvalue weighted by molar-refractivity contribution is 5.88. The van der Waals surface area contributed by atoms with Crippen molar-refractivity contribution < 1.29 is 14.3 Å². The van der Waals surface area contributed by atoms with Crippen molar-refractivity contribution in [2.45, 2.75) is 26.7 Å². The molecule has 0 bridgehead atoms. The number of anilines is 1. The van der Waals surface area contributed by atoms with E-state index in [9.17, 15) is 9.18 Å². The maximum absolute atomic E-state index is 13.3. The van der Waals surface area contributed by atoms with Crippen LogP contribution in [0.5, 0.6) is 0 Å². The van der Waals surface area contributed by atoms with Gasteiger partial charge in [0.25, 0.3) is 0 Å². The first-order valence-corrected chi connectivity index (χ1v) is 5.77. The summed E-state index contributed by atoms with van der Waals surface area (Å²) in [5.74, 6) is -1.29. The summed E-state index contributed by atoms with van der Waals surface area (Å²) in [5.41, 5.74) is 0.328. The van der Waals surface area contributed by atoms with Crippen LogP contribution in [-0.2, 0) is 0 Å². The van der Waals surface area contributed by atoms with Gasteiger partial charge < -0.3 is 10.4 Å². The topological polar surface area (TPSA) is 49.3 Å². The van der Waals surface area contributed by atoms with E-state index in [-0.39, 0.29) is 5.56 Å². The van der Waals surface area contributed by atoms with Gasteiger partial charge in [-0.25, -0.2) is 9.18 Å². The van der Waals surface area contributed by atoms with Gasteiger partial charge in [-0.2, -0.15) is 0 Å². The number of rotatable bonds is 6. The smallest absolute Gasteiger partial charge is 0.338 e. The summed E-state index contributed by atoms with van der Waals surface area (Å²) in [6, 6.07) is 4.09. The second-order valence-electron chi connectivity index (χ2n) is 4.46. The Balaban J connectivity index is 2.50. The van der Waals surface area contributed by atoms with E-state index in [1.807, 2.05) is 0 Å². The van der Waals surface area contributed by atoms with Gasteiger partial charge in [-0.3, -0.25) is 0 Å². The van der Waals surface area contributed by atoms with Crippen molar-refractivity contribution >= 4 is 11.7 Å². The third-order valence-electron chi connectivity index (χ3n) is 2.49. The van der Waals surface area contributed by atoms with Crippen LogP contribution in [0.25, 0.3) is 0 Å². The van der Waals surface area contributed by atoms with Crippen molar-refractivity contribution in [2.75, 3.05) is 11.9 Å². The highest BCUT2D eigenvalue weighted by Crippen LogP contribution is 2.15. The summed E-state index contributed by atoms with van der Waals surface area (Å²) in [5, 5.41) is 11.7. The van der Waals surface area contributed by atoms with Crippen molar-refractivity contribution in [3.8, 4) is 0 Å². The van der Waals surface area contributed by atoms with Gasteiger partial charge >= 0.3 is 5.97 Å². The molecular weight excluding hydrogens is 221 g/mol. The number of carbonyl (C=O) groups is 1. The second-order valence-corrected chi connectivity index (χ2v) is 4.46. The van der Waals surface area contributed by atoms with Crippen LogP contribution in [0.4, 0.5) is 10.1 Å². The van der Waals surface area contributed by atoms with E-state index < -0.39 is 11.8 Å². The fraction of sp³-hybridized carbons (Fsp3) is 0.462. The normalized spacial score (nSPS) is 10.6. The number of halogens is 1. The first kappa shape index (κ1) is 13.5. The van der Waals surface area contributed by atoms with Crippen molar-refractivity contribution in [3.63, 3.8) is 0 Å². The summed E-state index contributed by atoms with van der Waals surface area (Å²) in [6.45, 7) is 5.08. The van der Waals surface area contributed by atoms with E-state index in [4.69, 9.17) is 5.11 Å². The fourth-order valence-corrected chi connectivity index (χ4v) is 1.54. The predicted octanol–water partition coefficient (Wildman–Crippen LogP) is 3.37. The van der Waals surface area contributed by atoms with Crippen molar-refractivity contribution in [3.05, 3.63) is 29.6 Å². The maximum atomic E-state index is 13.3. The van der Waals surface area contributed by atoms with Crippen molar-refractivity contribution in [2.24, 2.45) is 5.92 Å². The zero-order valence-electron chi connectivity index (χ0n) is 10.2. The summed E-state index contributed by atoms with van der Waals surface area (Å²) >= 11 is 0. The molecule has 0 amide bonds. The van der Waals surface area contributed by atoms with Crippen LogP contribution in [0.2, 0.25) is 0 Å². The number of carboxylic acid groups (broad SMARTS) is 1. The zero-order valence-corrected chi connectivity index (χ0v) is 10.2. The largest absolute Gasteiger partial charge is 0.478 e. The Hall–Kier alpha value is -1.58. The molecule has 0 atom stereocenters. The molecular formula is C13H18FNO2. The van der Waals surface area contributed by atoms with Crippen LogP contribution in [0.1, 0.15) is 37.0 Å². The Morgan fingerprint density at radius 2 is 2.18 bits per heavy atom. The fourth-order valence-electron chi connectivity index (χ4n) is 1.54. The third kappa shape index (κ3) is 4.43. The summed E-state index contributed by atoms with van der Waals surface area (Å²) in [6.07, 6.45) is 2.13. The molecule has 0 saturated heterocycles. The average molecular weight is 239 g/mol. The molecule has 0 aromatic heterocycles. The SMILES string of the molecule is CC(C)CCCNc1ccc(C(=O)O)c(F)c1. The van der Waals surface area contributed by atoms with E-state index in [0.717, 1.165) is 19.4 Å². The van der Waals surface area contributed by atoms with Gasteiger partial charge in [0.15, 0.2) is 0 Å². The molecule has 0 radical (unpaired) electrons. The Bertz CT molecular complexity index is 391. The molecule has 2 N–H and O–H groups in total. The molecule has 4 heteroatoms. The van der Waals surface area contributed by atoms with Gasteiger partial charge in [-0.15, -0.1) is 0 Å². The molecule has 17 heavy (non-hydrogen) atoms. The number of nitrogens with one attached hydrogen (secondary N) is 1. The number of aromatic carboxylic acids is 1. The second kappa shape index (κ2) is 6.23. The molecule has 0 aliphatic carbocycles. The molecule has 1 aromatic carbocycles. The standard InChI is InChI=1S/C13H18FNO2/c1-9(2)4-3-7-15-10-5-6-11(13(16)17)12(14)8-10/h5-6,8-9,15H,3-4,7H2,1-2H3,(H,16,17). The van der Waals surface area contributed by atoms with Crippen LogP contribution in [0.15, 0.2) is 18.2 Å². The lowest BCUT2D eigenvalue weighted by molar-refractivity contribution is 0.0692. The molecule has 0 heterocycles. The van der Waals surface area contributed by atoms with Gasteiger partial charge in [0.2, 0.25) is 0 Å². The minimum atomic E-state index is -1.24. The third-order valence-corrected chi connectivity index (χ3v) is 2.49. The van der Waals surface area contributed by atoms with Crippen molar-refractivity contribution in [1.29, 1.82) is 0 Å². The molecule has 0 fully saturated rings. The molecule has 94 valence electrons. The van der Waals surface area contributed by atoms with E-state index in [1.165, 1.54) is 12.1 Å². The lowest BCUT2D eigenvalue weighted by Gasteiger charge is -2.08. The maximum Gasteiger partial charge on any atom is 0.338 e. The number of hydrogen-bond donors (Lipinski definition) is 2. The number of benzene rings is 1. The highest BCUT2D eigenvalue weighted by Gasteiger charge is 2.09. The first-order chi connectivity index (χ1) is 8.00. The summed E-state index contributed by atoms with van der Waals surface area (Å²) < 4.78 is 13.3. The zero-order chi connectivity index (χ0) is 12.8. The van der Waals surface area contributed by atoms with Gasteiger partial charge in [0, 0.05) is 12.2 Å². The first-order valence-electron chi connectivity index (χ1n) is 5.77. The number of hydrogen-bond acceptors (Lipinski definition) is 2. The van der Waals surface area contributed by atoms with E-state index in [2.05, 4.69) is 19.2 Å². The molecule has 0 spiro atoms. The summed E-state index contributed by atoms with van der Waals surface area (Å²) in [4.78, 5) is 10.6. The molecule has 3 nitrogen and oxygen atoms in total. The van der Waals surface area contributed by atoms with Crippen molar-refractivity contribution in [1.82, 2.24) is 0 Å². The minimum Gasteiger partial charge on any atom is -0.478 e. The Labute approximate surface area is 101 Å². The van der Waals surface area contributed by atoms with Crippen LogP contribution >= 0.6 is 0 Å². The lowest BCUT2D eigenvalue weighted by atomic mass is 10.1. The van der Waals surface area contributed by atoms with E-state index in [1.54, 1.807) is 6.07 Å². The molecule has 0 aliphatic rings.